The van der Waals surface area contributed by atoms with Crippen LogP contribution in [0.2, 0.25) is 0 Å². The minimum absolute atomic E-state index is 0. The number of nitrogens with one attached hydrogen (secondary N) is 3. The lowest BCUT2D eigenvalue weighted by Gasteiger charge is -2.12. The van der Waals surface area contributed by atoms with Crippen molar-refractivity contribution in [3.05, 3.63) is 47.3 Å². The molecule has 1 amide bonds. The summed E-state index contributed by atoms with van der Waals surface area (Å²) >= 11 is 0. The topological polar surface area (TPSA) is 83.3 Å². The third-order valence-electron chi connectivity index (χ3n) is 4.39. The van der Waals surface area contributed by atoms with Crippen molar-refractivity contribution in [2.75, 3.05) is 18.4 Å². The second-order valence-corrected chi connectivity index (χ2v) is 7.12. The molecule has 0 atom stereocenters. The van der Waals surface area contributed by atoms with Gasteiger partial charge in [-0.2, -0.15) is 5.10 Å². The maximum Gasteiger partial charge on any atom is 0.224 e. The number of hydrogen-bond donors (Lipinski definition) is 3. The number of amides is 1. The van der Waals surface area contributed by atoms with Crippen LogP contribution in [0.3, 0.4) is 0 Å². The van der Waals surface area contributed by atoms with Gasteiger partial charge in [0.2, 0.25) is 5.91 Å². The van der Waals surface area contributed by atoms with Crippen molar-refractivity contribution in [3.8, 4) is 0 Å². The van der Waals surface area contributed by atoms with Crippen molar-refractivity contribution >= 4 is 41.5 Å². The Balaban J connectivity index is 0.00000450. The van der Waals surface area contributed by atoms with Gasteiger partial charge in [-0.1, -0.05) is 19.1 Å². The molecular formula is C22H35IN6O. The first-order valence-corrected chi connectivity index (χ1v) is 10.4. The number of rotatable bonds is 10. The highest BCUT2D eigenvalue weighted by Crippen LogP contribution is 2.12. The summed E-state index contributed by atoms with van der Waals surface area (Å²) in [5, 5.41) is 14.1. The van der Waals surface area contributed by atoms with Gasteiger partial charge in [0.25, 0.3) is 0 Å². The van der Waals surface area contributed by atoms with E-state index in [9.17, 15) is 4.79 Å². The zero-order chi connectivity index (χ0) is 21.1. The number of carbonyl (C=O) groups excluding carboxylic acids is 1. The van der Waals surface area contributed by atoms with Gasteiger partial charge in [0.1, 0.15) is 0 Å². The number of aliphatic imine (C=N–C) groups is 1. The normalized spacial score (nSPS) is 11.0. The van der Waals surface area contributed by atoms with Gasteiger partial charge in [0.15, 0.2) is 5.96 Å². The van der Waals surface area contributed by atoms with Gasteiger partial charge in [-0.25, -0.2) is 4.99 Å². The quantitative estimate of drug-likeness (QED) is 0.189. The van der Waals surface area contributed by atoms with E-state index in [1.165, 1.54) is 5.69 Å². The monoisotopic (exact) mass is 526 g/mol. The summed E-state index contributed by atoms with van der Waals surface area (Å²) in [5.41, 5.74) is 4.12. The molecule has 0 spiro atoms. The molecule has 0 aliphatic carbocycles. The fourth-order valence-electron chi connectivity index (χ4n) is 3.05. The molecule has 2 aromatic rings. The Bertz CT molecular complexity index is 818. The first-order chi connectivity index (χ1) is 14.0. The highest BCUT2D eigenvalue weighted by Gasteiger charge is 2.03. The summed E-state index contributed by atoms with van der Waals surface area (Å²) in [5.74, 6) is 0.840. The number of halogens is 1. The lowest BCUT2D eigenvalue weighted by atomic mass is 10.2. The second-order valence-electron chi connectivity index (χ2n) is 7.12. The van der Waals surface area contributed by atoms with Crippen molar-refractivity contribution in [2.45, 2.75) is 60.0 Å². The number of aryl methyl sites for hydroxylation is 3. The molecule has 0 aliphatic rings. The molecule has 0 fully saturated rings. The van der Waals surface area contributed by atoms with Crippen LogP contribution in [0.15, 0.2) is 35.3 Å². The minimum atomic E-state index is 0. The van der Waals surface area contributed by atoms with Crippen LogP contribution < -0.4 is 16.0 Å². The Morgan fingerprint density at radius 2 is 1.97 bits per heavy atom. The first-order valence-electron chi connectivity index (χ1n) is 10.4. The lowest BCUT2D eigenvalue weighted by Crippen LogP contribution is -2.38. The number of carbonyl (C=O) groups is 1. The maximum absolute atomic E-state index is 11.8. The third-order valence-corrected chi connectivity index (χ3v) is 4.39. The molecule has 8 heteroatoms. The molecule has 0 unspecified atom stereocenters. The average molecular weight is 526 g/mol. The fourth-order valence-corrected chi connectivity index (χ4v) is 3.05. The molecule has 30 heavy (non-hydrogen) atoms. The number of aromatic nitrogens is 2. The lowest BCUT2D eigenvalue weighted by molar-refractivity contribution is -0.116. The second kappa shape index (κ2) is 14.0. The standard InChI is InChI=1S/C22H34N6O.HI/c1-5-9-21(29)26-20-11-7-10-19(15-20)16-25-22(23-6-2)24-12-8-13-28-18(4)14-17(3)27-28;/h7,10-11,14-15H,5-6,8-9,12-13,16H2,1-4H3,(H,26,29)(H2,23,24,25);1H. The van der Waals surface area contributed by atoms with Gasteiger partial charge in [0.05, 0.1) is 12.2 Å². The first kappa shape index (κ1) is 25.9. The number of benzene rings is 1. The summed E-state index contributed by atoms with van der Waals surface area (Å²) in [6.07, 6.45) is 2.34. The van der Waals surface area contributed by atoms with E-state index in [2.05, 4.69) is 46.0 Å². The molecule has 166 valence electrons. The largest absolute Gasteiger partial charge is 0.357 e. The summed E-state index contributed by atoms with van der Waals surface area (Å²) in [7, 11) is 0. The highest BCUT2D eigenvalue weighted by atomic mass is 127. The Morgan fingerprint density at radius 3 is 2.63 bits per heavy atom. The third kappa shape index (κ3) is 9.15. The molecule has 0 saturated heterocycles. The van der Waals surface area contributed by atoms with Crippen LogP contribution in [-0.4, -0.2) is 34.7 Å². The van der Waals surface area contributed by atoms with Crippen molar-refractivity contribution < 1.29 is 4.79 Å². The van der Waals surface area contributed by atoms with E-state index >= 15 is 0 Å². The van der Waals surface area contributed by atoms with Crippen LogP contribution in [0, 0.1) is 13.8 Å². The SMILES string of the molecule is CCCC(=O)Nc1cccc(CN=C(NCC)NCCCn2nc(C)cc2C)c1.I. The zero-order valence-corrected chi connectivity index (χ0v) is 20.8. The Morgan fingerprint density at radius 1 is 1.17 bits per heavy atom. The smallest absolute Gasteiger partial charge is 0.224 e. The summed E-state index contributed by atoms with van der Waals surface area (Å²) in [6.45, 7) is 11.2. The van der Waals surface area contributed by atoms with Crippen LogP contribution in [0.25, 0.3) is 0 Å². The molecule has 1 heterocycles. The van der Waals surface area contributed by atoms with Crippen LogP contribution in [0.5, 0.6) is 0 Å². The minimum Gasteiger partial charge on any atom is -0.357 e. The van der Waals surface area contributed by atoms with Crippen molar-refractivity contribution in [3.63, 3.8) is 0 Å². The summed E-state index contributed by atoms with van der Waals surface area (Å²) in [6, 6.07) is 9.94. The molecule has 3 N–H and O–H groups in total. The molecule has 0 saturated carbocycles. The van der Waals surface area contributed by atoms with Crippen LogP contribution in [0.4, 0.5) is 5.69 Å². The fraction of sp³-hybridized carbons (Fsp3) is 0.500. The number of nitrogens with zero attached hydrogens (tertiary/aromatic N) is 3. The van der Waals surface area contributed by atoms with Gasteiger partial charge < -0.3 is 16.0 Å². The van der Waals surface area contributed by atoms with Crippen LogP contribution in [-0.2, 0) is 17.9 Å². The number of hydrogen-bond acceptors (Lipinski definition) is 3. The van der Waals surface area contributed by atoms with E-state index in [-0.39, 0.29) is 29.9 Å². The predicted octanol–water partition coefficient (Wildman–Crippen LogP) is 4.00. The van der Waals surface area contributed by atoms with Gasteiger partial charge in [-0.3, -0.25) is 9.48 Å². The van der Waals surface area contributed by atoms with Gasteiger partial charge in [-0.15, -0.1) is 24.0 Å². The van der Waals surface area contributed by atoms with E-state index in [0.717, 1.165) is 55.4 Å². The van der Waals surface area contributed by atoms with E-state index in [1.807, 2.05) is 42.8 Å². The van der Waals surface area contributed by atoms with Crippen molar-refractivity contribution in [1.82, 2.24) is 20.4 Å². The van der Waals surface area contributed by atoms with Crippen LogP contribution >= 0.6 is 24.0 Å². The summed E-state index contributed by atoms with van der Waals surface area (Å²) < 4.78 is 2.04. The molecule has 0 bridgehead atoms. The Kier molecular flexibility index (Phi) is 12.1. The van der Waals surface area contributed by atoms with E-state index in [0.29, 0.717) is 13.0 Å². The van der Waals surface area contributed by atoms with E-state index < -0.39 is 0 Å². The van der Waals surface area contributed by atoms with E-state index in [4.69, 9.17) is 0 Å². The van der Waals surface area contributed by atoms with Gasteiger partial charge in [0, 0.05) is 37.4 Å². The predicted molar refractivity (Wildman–Crippen MR) is 135 cm³/mol. The number of guanidine groups is 1. The molecule has 0 radical (unpaired) electrons. The molecule has 2 rings (SSSR count). The van der Waals surface area contributed by atoms with E-state index in [1.54, 1.807) is 0 Å². The Labute approximate surface area is 197 Å². The molecule has 1 aromatic carbocycles. The van der Waals surface area contributed by atoms with Crippen LogP contribution in [0.1, 0.15) is 50.1 Å². The summed E-state index contributed by atoms with van der Waals surface area (Å²) in [4.78, 5) is 16.4. The number of anilines is 1. The highest BCUT2D eigenvalue weighted by molar-refractivity contribution is 14.0. The molecular weight excluding hydrogens is 491 g/mol. The maximum atomic E-state index is 11.8. The van der Waals surface area contributed by atoms with Crippen molar-refractivity contribution in [2.24, 2.45) is 4.99 Å². The zero-order valence-electron chi connectivity index (χ0n) is 18.5. The average Bonchev–Trinajstić information content (AvgIpc) is 3.00. The Hall–Kier alpha value is -2.10. The molecule has 1 aromatic heterocycles. The molecule has 0 aliphatic heterocycles. The van der Waals surface area contributed by atoms with Gasteiger partial charge >= 0.3 is 0 Å². The molecule has 7 nitrogen and oxygen atoms in total. The van der Waals surface area contributed by atoms with Crippen molar-refractivity contribution in [1.29, 1.82) is 0 Å². The van der Waals surface area contributed by atoms with Gasteiger partial charge in [-0.05, 0) is 57.4 Å².